The van der Waals surface area contributed by atoms with E-state index >= 15 is 0 Å². The maximum atomic E-state index is 11.2. The van der Waals surface area contributed by atoms with E-state index in [2.05, 4.69) is 0 Å². The van der Waals surface area contributed by atoms with E-state index in [0.29, 0.717) is 29.3 Å². The molecular formula is C16H14N2O3. The van der Waals surface area contributed by atoms with Crippen molar-refractivity contribution < 1.29 is 9.15 Å². The molecule has 4 N–H and O–H groups in total. The van der Waals surface area contributed by atoms with Crippen molar-refractivity contribution in [2.45, 2.75) is 6.61 Å². The van der Waals surface area contributed by atoms with Gasteiger partial charge in [-0.15, -0.1) is 0 Å². The van der Waals surface area contributed by atoms with Gasteiger partial charge in [-0.05, 0) is 42.0 Å². The number of hydrogen-bond donors (Lipinski definition) is 2. The second-order valence-electron chi connectivity index (χ2n) is 4.75. The molecule has 0 amide bonds. The van der Waals surface area contributed by atoms with E-state index in [0.717, 1.165) is 10.9 Å². The number of rotatable bonds is 3. The lowest BCUT2D eigenvalue weighted by Crippen LogP contribution is -1.99. The third kappa shape index (κ3) is 2.97. The van der Waals surface area contributed by atoms with Crippen molar-refractivity contribution in [2.24, 2.45) is 0 Å². The summed E-state index contributed by atoms with van der Waals surface area (Å²) < 4.78 is 10.8. The van der Waals surface area contributed by atoms with Crippen LogP contribution in [0.15, 0.2) is 57.7 Å². The lowest BCUT2D eigenvalue weighted by Gasteiger charge is -2.08. The Kier molecular flexibility index (Phi) is 3.23. The Bertz CT molecular complexity index is 835. The van der Waals surface area contributed by atoms with Gasteiger partial charge < -0.3 is 20.6 Å². The lowest BCUT2D eigenvalue weighted by molar-refractivity contribution is 0.306. The van der Waals surface area contributed by atoms with Gasteiger partial charge in [0.05, 0.1) is 0 Å². The summed E-state index contributed by atoms with van der Waals surface area (Å²) in [7, 11) is 0. The molecule has 0 aliphatic rings. The number of benzene rings is 2. The number of ether oxygens (including phenoxy) is 1. The molecule has 0 fully saturated rings. The van der Waals surface area contributed by atoms with Crippen LogP contribution in [0.5, 0.6) is 5.75 Å². The zero-order valence-corrected chi connectivity index (χ0v) is 11.2. The molecule has 2 aromatic carbocycles. The predicted octanol–water partition coefficient (Wildman–Crippen LogP) is 2.54. The zero-order valence-electron chi connectivity index (χ0n) is 11.2. The van der Waals surface area contributed by atoms with Gasteiger partial charge in [0.15, 0.2) is 0 Å². The molecule has 0 aliphatic heterocycles. The highest BCUT2D eigenvalue weighted by atomic mass is 16.5. The third-order valence-corrected chi connectivity index (χ3v) is 3.04. The van der Waals surface area contributed by atoms with E-state index in [1.165, 1.54) is 6.07 Å². The highest BCUT2D eigenvalue weighted by Gasteiger charge is 2.02. The number of hydrogen-bond acceptors (Lipinski definition) is 5. The predicted molar refractivity (Wildman–Crippen MR) is 82.1 cm³/mol. The zero-order chi connectivity index (χ0) is 14.8. The molecule has 0 saturated carbocycles. The summed E-state index contributed by atoms with van der Waals surface area (Å²) in [5.41, 5.74) is 13.6. The van der Waals surface area contributed by atoms with Gasteiger partial charge in [0, 0.05) is 28.9 Å². The van der Waals surface area contributed by atoms with Crippen molar-refractivity contribution in [1.82, 2.24) is 0 Å². The molecule has 1 heterocycles. The molecule has 0 atom stereocenters. The molecule has 5 heteroatoms. The quantitative estimate of drug-likeness (QED) is 0.569. The molecule has 3 aromatic rings. The second-order valence-corrected chi connectivity index (χ2v) is 4.75. The van der Waals surface area contributed by atoms with Crippen molar-refractivity contribution in [2.75, 3.05) is 11.5 Å². The van der Waals surface area contributed by atoms with Gasteiger partial charge in [0.1, 0.15) is 17.9 Å². The monoisotopic (exact) mass is 282 g/mol. The molecule has 0 aliphatic carbocycles. The van der Waals surface area contributed by atoms with Crippen LogP contribution in [0.4, 0.5) is 11.4 Å². The fourth-order valence-corrected chi connectivity index (χ4v) is 2.13. The van der Waals surface area contributed by atoms with E-state index < -0.39 is 0 Å². The summed E-state index contributed by atoms with van der Waals surface area (Å²) in [5, 5.41) is 0.843. The highest BCUT2D eigenvalue weighted by molar-refractivity contribution is 5.77. The van der Waals surface area contributed by atoms with Gasteiger partial charge in [0.25, 0.3) is 0 Å². The van der Waals surface area contributed by atoms with Crippen LogP contribution in [0.2, 0.25) is 0 Å². The highest BCUT2D eigenvalue weighted by Crippen LogP contribution is 2.21. The number of fused-ring (bicyclic) bond motifs is 1. The molecule has 0 radical (unpaired) electrons. The van der Waals surface area contributed by atoms with E-state index in [1.807, 2.05) is 12.1 Å². The summed E-state index contributed by atoms with van der Waals surface area (Å²) in [6.07, 6.45) is 0. The van der Waals surface area contributed by atoms with Crippen molar-refractivity contribution in [3.8, 4) is 5.75 Å². The standard InChI is InChI=1S/C16H14N2O3/c17-12-5-10(6-13(18)7-12)9-20-14-3-1-11-2-4-16(19)21-15(11)8-14/h1-8H,9,17-18H2. The molecular weight excluding hydrogens is 268 g/mol. The Balaban J connectivity index is 1.83. The molecule has 5 nitrogen and oxygen atoms in total. The largest absolute Gasteiger partial charge is 0.489 e. The van der Waals surface area contributed by atoms with Crippen molar-refractivity contribution in [3.63, 3.8) is 0 Å². The fraction of sp³-hybridized carbons (Fsp3) is 0.0625. The van der Waals surface area contributed by atoms with Crippen LogP contribution in [0.25, 0.3) is 11.0 Å². The number of anilines is 2. The van der Waals surface area contributed by atoms with E-state index in [1.54, 1.807) is 30.3 Å². The second kappa shape index (κ2) is 5.20. The Morgan fingerprint density at radius 2 is 1.67 bits per heavy atom. The van der Waals surface area contributed by atoms with Gasteiger partial charge in [-0.2, -0.15) is 0 Å². The van der Waals surface area contributed by atoms with Crippen LogP contribution in [0.3, 0.4) is 0 Å². The third-order valence-electron chi connectivity index (χ3n) is 3.04. The molecule has 0 bridgehead atoms. The van der Waals surface area contributed by atoms with Crippen LogP contribution in [-0.2, 0) is 6.61 Å². The van der Waals surface area contributed by atoms with Crippen LogP contribution < -0.4 is 21.8 Å². The van der Waals surface area contributed by atoms with Crippen molar-refractivity contribution in [1.29, 1.82) is 0 Å². The first-order valence-electron chi connectivity index (χ1n) is 6.42. The topological polar surface area (TPSA) is 91.5 Å². The van der Waals surface area contributed by atoms with E-state index in [4.69, 9.17) is 20.6 Å². The van der Waals surface area contributed by atoms with Gasteiger partial charge in [-0.25, -0.2) is 4.79 Å². The Morgan fingerprint density at radius 1 is 0.952 bits per heavy atom. The van der Waals surface area contributed by atoms with Gasteiger partial charge >= 0.3 is 5.63 Å². The first kappa shape index (κ1) is 13.1. The summed E-state index contributed by atoms with van der Waals surface area (Å²) in [6.45, 7) is 0.331. The minimum absolute atomic E-state index is 0.331. The summed E-state index contributed by atoms with van der Waals surface area (Å²) in [5.74, 6) is 0.609. The average molecular weight is 282 g/mol. The Labute approximate surface area is 120 Å². The van der Waals surface area contributed by atoms with Crippen LogP contribution in [-0.4, -0.2) is 0 Å². The number of nitrogen functional groups attached to an aromatic ring is 2. The summed E-state index contributed by atoms with van der Waals surface area (Å²) in [4.78, 5) is 11.2. The molecule has 3 rings (SSSR count). The minimum Gasteiger partial charge on any atom is -0.489 e. The maximum Gasteiger partial charge on any atom is 0.336 e. The van der Waals surface area contributed by atoms with Crippen molar-refractivity contribution >= 4 is 22.3 Å². The Morgan fingerprint density at radius 3 is 2.43 bits per heavy atom. The molecule has 1 aromatic heterocycles. The number of nitrogens with two attached hydrogens (primary N) is 2. The van der Waals surface area contributed by atoms with Gasteiger partial charge in [-0.1, -0.05) is 0 Å². The lowest BCUT2D eigenvalue weighted by atomic mass is 10.2. The first-order chi connectivity index (χ1) is 10.1. The summed E-state index contributed by atoms with van der Waals surface area (Å²) >= 11 is 0. The molecule has 21 heavy (non-hydrogen) atoms. The first-order valence-corrected chi connectivity index (χ1v) is 6.42. The molecule has 106 valence electrons. The average Bonchev–Trinajstić information content (AvgIpc) is 2.43. The van der Waals surface area contributed by atoms with Crippen LogP contribution in [0, 0.1) is 0 Å². The van der Waals surface area contributed by atoms with Crippen molar-refractivity contribution in [3.05, 3.63) is 64.5 Å². The molecule has 0 spiro atoms. The van der Waals surface area contributed by atoms with Gasteiger partial charge in [-0.3, -0.25) is 0 Å². The molecule has 0 unspecified atom stereocenters. The molecule has 0 saturated heterocycles. The van der Waals surface area contributed by atoms with E-state index in [9.17, 15) is 4.79 Å². The van der Waals surface area contributed by atoms with Crippen LogP contribution in [0.1, 0.15) is 5.56 Å². The SMILES string of the molecule is Nc1cc(N)cc(COc2ccc3ccc(=O)oc3c2)c1. The summed E-state index contributed by atoms with van der Waals surface area (Å²) in [6, 6.07) is 13.7. The van der Waals surface area contributed by atoms with E-state index in [-0.39, 0.29) is 5.63 Å². The fourth-order valence-electron chi connectivity index (χ4n) is 2.13. The minimum atomic E-state index is -0.386. The smallest absolute Gasteiger partial charge is 0.336 e. The normalized spacial score (nSPS) is 10.7. The Hall–Kier alpha value is -2.95. The van der Waals surface area contributed by atoms with Gasteiger partial charge in [0.2, 0.25) is 0 Å². The van der Waals surface area contributed by atoms with Crippen LogP contribution >= 0.6 is 0 Å². The maximum absolute atomic E-state index is 11.2.